The lowest BCUT2D eigenvalue weighted by molar-refractivity contribution is -0.136. The average Bonchev–Trinajstić information content (AvgIpc) is 2.66. The second-order valence-electron chi connectivity index (χ2n) is 3.61. The first-order valence-electron chi connectivity index (χ1n) is 5.45. The van der Waals surface area contributed by atoms with Crippen LogP contribution in [0.3, 0.4) is 0 Å². The van der Waals surface area contributed by atoms with E-state index in [1.165, 1.54) is 0 Å². The van der Waals surface area contributed by atoms with E-state index in [0.29, 0.717) is 12.1 Å². The molecule has 0 saturated carbocycles. The van der Waals surface area contributed by atoms with Crippen LogP contribution in [-0.2, 0) is 16.1 Å². The van der Waals surface area contributed by atoms with Gasteiger partial charge in [0.25, 0.3) is 0 Å². The summed E-state index contributed by atoms with van der Waals surface area (Å²) in [6.07, 6.45) is 7.65. The largest absolute Gasteiger partial charge is 0.456 e. The predicted molar refractivity (Wildman–Crippen MR) is 66.6 cm³/mol. The molecule has 0 unspecified atom stereocenters. The molecule has 0 atom stereocenters. The first-order chi connectivity index (χ1) is 8.36. The smallest absolute Gasteiger partial charge is 0.353 e. The van der Waals surface area contributed by atoms with E-state index >= 15 is 0 Å². The molecular formula is C14H13NO2. The molecule has 3 nitrogen and oxygen atoms in total. The first kappa shape index (κ1) is 11.3. The van der Waals surface area contributed by atoms with Gasteiger partial charge in [0.1, 0.15) is 12.3 Å². The van der Waals surface area contributed by atoms with Crippen LogP contribution in [-0.4, -0.2) is 11.7 Å². The van der Waals surface area contributed by atoms with E-state index in [4.69, 9.17) is 4.74 Å². The average molecular weight is 227 g/mol. The van der Waals surface area contributed by atoms with Crippen LogP contribution in [0.5, 0.6) is 0 Å². The minimum Gasteiger partial charge on any atom is -0.456 e. The van der Waals surface area contributed by atoms with E-state index in [-0.39, 0.29) is 12.6 Å². The summed E-state index contributed by atoms with van der Waals surface area (Å²) in [4.78, 5) is 15.7. The number of carbonyl (C=O) groups excluding carboxylic acids is 1. The molecule has 0 amide bonds. The molecule has 0 fully saturated rings. The maximum absolute atomic E-state index is 11.7. The van der Waals surface area contributed by atoms with Gasteiger partial charge in [0, 0.05) is 12.6 Å². The Morgan fingerprint density at radius 1 is 1.24 bits per heavy atom. The van der Waals surface area contributed by atoms with Gasteiger partial charge in [0.2, 0.25) is 0 Å². The summed E-state index contributed by atoms with van der Waals surface area (Å²) in [6, 6.07) is 9.59. The van der Waals surface area contributed by atoms with E-state index in [1.54, 1.807) is 12.3 Å². The van der Waals surface area contributed by atoms with Gasteiger partial charge in [-0.25, -0.2) is 4.79 Å². The monoisotopic (exact) mass is 227 g/mol. The molecule has 1 aliphatic heterocycles. The Morgan fingerprint density at radius 3 is 2.88 bits per heavy atom. The summed E-state index contributed by atoms with van der Waals surface area (Å²) in [5.41, 5.74) is 1.41. The maximum atomic E-state index is 11.7. The number of aliphatic imine (C=N–C) groups is 1. The molecule has 2 rings (SSSR count). The van der Waals surface area contributed by atoms with Gasteiger partial charge < -0.3 is 4.74 Å². The van der Waals surface area contributed by atoms with Crippen molar-refractivity contribution < 1.29 is 9.53 Å². The van der Waals surface area contributed by atoms with E-state index in [1.807, 2.05) is 42.5 Å². The Balaban J connectivity index is 1.92. The van der Waals surface area contributed by atoms with Crippen LogP contribution in [0.15, 0.2) is 59.8 Å². The number of benzene rings is 1. The van der Waals surface area contributed by atoms with Crippen molar-refractivity contribution in [3.63, 3.8) is 0 Å². The first-order valence-corrected chi connectivity index (χ1v) is 5.45. The predicted octanol–water partition coefficient (Wildman–Crippen LogP) is 2.64. The fraction of sp³-hybridized carbons (Fsp3) is 0.143. The standard InChI is InChI=1S/C14H13NO2/c16-14(13-9-5-2-6-10-15-13)17-11-12-7-3-1-4-8-12/h1-8,10H,9,11H2. The zero-order valence-corrected chi connectivity index (χ0v) is 9.37. The van der Waals surface area contributed by atoms with Gasteiger partial charge in [-0.05, 0) is 11.6 Å². The zero-order chi connectivity index (χ0) is 11.9. The molecule has 86 valence electrons. The van der Waals surface area contributed by atoms with Gasteiger partial charge >= 0.3 is 5.97 Å². The Bertz CT molecular complexity index is 472. The number of hydrogen-bond acceptors (Lipinski definition) is 3. The molecule has 0 spiro atoms. The minimum absolute atomic E-state index is 0.284. The van der Waals surface area contributed by atoms with Crippen molar-refractivity contribution in [2.24, 2.45) is 4.99 Å². The summed E-state index contributed by atoms with van der Waals surface area (Å²) in [7, 11) is 0. The van der Waals surface area contributed by atoms with Crippen LogP contribution in [0, 0.1) is 0 Å². The molecule has 0 saturated heterocycles. The molecule has 1 aromatic carbocycles. The van der Waals surface area contributed by atoms with Crippen LogP contribution in [0.4, 0.5) is 0 Å². The third-order valence-electron chi connectivity index (χ3n) is 2.32. The normalized spacial score (nSPS) is 14.0. The summed E-state index contributed by atoms with van der Waals surface area (Å²) in [5, 5.41) is 0. The molecular weight excluding hydrogens is 214 g/mol. The molecule has 3 heteroatoms. The Kier molecular flexibility index (Phi) is 3.86. The number of allylic oxidation sites excluding steroid dienone is 3. The van der Waals surface area contributed by atoms with Gasteiger partial charge in [0.15, 0.2) is 0 Å². The molecule has 0 N–H and O–H groups in total. The van der Waals surface area contributed by atoms with Crippen molar-refractivity contribution in [2.45, 2.75) is 13.0 Å². The van der Waals surface area contributed by atoms with E-state index < -0.39 is 0 Å². The van der Waals surface area contributed by atoms with Gasteiger partial charge in [0.05, 0.1) is 0 Å². The summed E-state index contributed by atoms with van der Waals surface area (Å²) in [5.74, 6) is -0.356. The quantitative estimate of drug-likeness (QED) is 0.744. The zero-order valence-electron chi connectivity index (χ0n) is 9.37. The number of nitrogens with zero attached hydrogens (tertiary/aromatic N) is 1. The van der Waals surface area contributed by atoms with Crippen molar-refractivity contribution in [1.82, 2.24) is 0 Å². The molecule has 0 bridgehead atoms. The van der Waals surface area contributed by atoms with Crippen LogP contribution < -0.4 is 0 Å². The van der Waals surface area contributed by atoms with Crippen molar-refractivity contribution in [1.29, 1.82) is 0 Å². The highest BCUT2D eigenvalue weighted by molar-refractivity contribution is 6.37. The number of hydrogen-bond donors (Lipinski definition) is 0. The summed E-state index contributed by atoms with van der Waals surface area (Å²) in [6.45, 7) is 0.284. The molecule has 1 heterocycles. The van der Waals surface area contributed by atoms with Crippen molar-refractivity contribution in [2.75, 3.05) is 0 Å². The van der Waals surface area contributed by atoms with Crippen LogP contribution >= 0.6 is 0 Å². The molecule has 0 aliphatic carbocycles. The van der Waals surface area contributed by atoms with Gasteiger partial charge in [-0.3, -0.25) is 4.99 Å². The number of ether oxygens (including phenoxy) is 1. The van der Waals surface area contributed by atoms with Crippen molar-refractivity contribution >= 4 is 11.7 Å². The lowest BCUT2D eigenvalue weighted by Gasteiger charge is -2.05. The van der Waals surface area contributed by atoms with Gasteiger partial charge in [-0.15, -0.1) is 0 Å². The van der Waals surface area contributed by atoms with Crippen LogP contribution in [0.2, 0.25) is 0 Å². The van der Waals surface area contributed by atoms with Crippen LogP contribution in [0.25, 0.3) is 0 Å². The topological polar surface area (TPSA) is 38.7 Å². The van der Waals surface area contributed by atoms with Crippen molar-refractivity contribution in [3.05, 3.63) is 60.3 Å². The van der Waals surface area contributed by atoms with Gasteiger partial charge in [-0.2, -0.15) is 0 Å². The second-order valence-corrected chi connectivity index (χ2v) is 3.61. The third-order valence-corrected chi connectivity index (χ3v) is 2.32. The fourth-order valence-corrected chi connectivity index (χ4v) is 1.44. The molecule has 17 heavy (non-hydrogen) atoms. The number of esters is 1. The third kappa shape index (κ3) is 3.41. The van der Waals surface area contributed by atoms with E-state index in [0.717, 1.165) is 5.56 Å². The molecule has 0 aromatic heterocycles. The SMILES string of the molecule is O=C(OCc1ccccc1)C1=NC=CC=CC1. The van der Waals surface area contributed by atoms with Crippen molar-refractivity contribution in [3.8, 4) is 0 Å². The lowest BCUT2D eigenvalue weighted by Crippen LogP contribution is -2.16. The minimum atomic E-state index is -0.356. The van der Waals surface area contributed by atoms with Gasteiger partial charge in [-0.1, -0.05) is 42.5 Å². The second kappa shape index (κ2) is 5.80. The molecule has 1 aromatic rings. The van der Waals surface area contributed by atoms with E-state index in [9.17, 15) is 4.79 Å². The maximum Gasteiger partial charge on any atom is 0.353 e. The number of carbonyl (C=O) groups is 1. The Hall–Kier alpha value is -2.16. The summed E-state index contributed by atoms with van der Waals surface area (Å²) < 4.78 is 5.19. The van der Waals surface area contributed by atoms with E-state index in [2.05, 4.69) is 4.99 Å². The highest BCUT2D eigenvalue weighted by Gasteiger charge is 2.11. The summed E-state index contributed by atoms with van der Waals surface area (Å²) >= 11 is 0. The fourth-order valence-electron chi connectivity index (χ4n) is 1.44. The molecule has 0 radical (unpaired) electrons. The highest BCUT2D eigenvalue weighted by atomic mass is 16.5. The Labute approximate surface area is 100 Å². The molecule has 1 aliphatic rings. The lowest BCUT2D eigenvalue weighted by atomic mass is 10.2. The number of rotatable bonds is 3. The van der Waals surface area contributed by atoms with Crippen LogP contribution in [0.1, 0.15) is 12.0 Å². The Morgan fingerprint density at radius 2 is 2.06 bits per heavy atom. The highest BCUT2D eigenvalue weighted by Crippen LogP contribution is 2.04.